The zero-order valence-corrected chi connectivity index (χ0v) is 15.6. The lowest BCUT2D eigenvalue weighted by Gasteiger charge is -2.31. The van der Waals surface area contributed by atoms with E-state index < -0.39 is 8.07 Å². The SMILES string of the molecule is C[Si](C[C@@H](O)CC[C@@H]1CCCN1)(c1ccccc1)c1ccccc1. The van der Waals surface area contributed by atoms with E-state index in [2.05, 4.69) is 72.5 Å². The maximum Gasteiger partial charge on any atom is 0.117 e. The highest BCUT2D eigenvalue weighted by Gasteiger charge is 2.34. The van der Waals surface area contributed by atoms with Gasteiger partial charge < -0.3 is 10.4 Å². The summed E-state index contributed by atoms with van der Waals surface area (Å²) < 4.78 is 0. The van der Waals surface area contributed by atoms with Crippen LogP contribution in [-0.4, -0.2) is 31.9 Å². The van der Waals surface area contributed by atoms with E-state index >= 15 is 0 Å². The van der Waals surface area contributed by atoms with Crippen LogP contribution < -0.4 is 15.7 Å². The summed E-state index contributed by atoms with van der Waals surface area (Å²) in [6.07, 6.45) is 4.32. The van der Waals surface area contributed by atoms with Crippen molar-refractivity contribution in [2.75, 3.05) is 6.54 Å². The second-order valence-electron chi connectivity index (χ2n) is 7.29. The van der Waals surface area contributed by atoms with Crippen molar-refractivity contribution >= 4 is 18.4 Å². The molecule has 2 N–H and O–H groups in total. The first-order valence-electron chi connectivity index (χ1n) is 9.21. The van der Waals surface area contributed by atoms with Crippen LogP contribution >= 0.6 is 0 Å². The lowest BCUT2D eigenvalue weighted by Crippen LogP contribution is -2.57. The third kappa shape index (κ3) is 4.15. The molecule has 24 heavy (non-hydrogen) atoms. The van der Waals surface area contributed by atoms with Gasteiger partial charge in [0.05, 0.1) is 6.10 Å². The molecule has 2 aromatic rings. The van der Waals surface area contributed by atoms with E-state index in [-0.39, 0.29) is 6.10 Å². The van der Waals surface area contributed by atoms with Crippen molar-refractivity contribution in [3.63, 3.8) is 0 Å². The Bertz CT molecular complexity index is 571. The average Bonchev–Trinajstić information content (AvgIpc) is 3.15. The quantitative estimate of drug-likeness (QED) is 0.760. The van der Waals surface area contributed by atoms with E-state index in [1.807, 2.05) is 0 Å². The molecule has 1 aliphatic heterocycles. The molecule has 1 heterocycles. The zero-order chi connectivity index (χ0) is 16.8. The smallest absolute Gasteiger partial charge is 0.117 e. The summed E-state index contributed by atoms with van der Waals surface area (Å²) >= 11 is 0. The topological polar surface area (TPSA) is 32.3 Å². The number of nitrogens with one attached hydrogen (secondary N) is 1. The zero-order valence-electron chi connectivity index (χ0n) is 14.6. The molecule has 128 valence electrons. The van der Waals surface area contributed by atoms with Gasteiger partial charge in [-0.25, -0.2) is 0 Å². The Hall–Kier alpha value is -1.42. The summed E-state index contributed by atoms with van der Waals surface area (Å²) in [6.45, 7) is 3.54. The molecule has 3 heteroatoms. The van der Waals surface area contributed by atoms with Crippen molar-refractivity contribution in [3.8, 4) is 0 Å². The molecule has 2 atom stereocenters. The van der Waals surface area contributed by atoms with Crippen LogP contribution in [-0.2, 0) is 0 Å². The Morgan fingerprint density at radius 1 is 1.04 bits per heavy atom. The number of hydrogen-bond donors (Lipinski definition) is 2. The fraction of sp³-hybridized carbons (Fsp3) is 0.429. The van der Waals surface area contributed by atoms with Crippen LogP contribution in [0.25, 0.3) is 0 Å². The number of benzene rings is 2. The van der Waals surface area contributed by atoms with Gasteiger partial charge in [0, 0.05) is 6.04 Å². The molecule has 1 aliphatic rings. The normalized spacial score (nSPS) is 19.3. The molecule has 0 spiro atoms. The van der Waals surface area contributed by atoms with Crippen molar-refractivity contribution in [2.45, 2.75) is 50.4 Å². The molecule has 2 nitrogen and oxygen atoms in total. The van der Waals surface area contributed by atoms with Gasteiger partial charge in [-0.1, -0.05) is 77.6 Å². The summed E-state index contributed by atoms with van der Waals surface area (Å²) in [5, 5.41) is 17.1. The molecular formula is C21H29NOSi. The Balaban J connectivity index is 1.75. The van der Waals surface area contributed by atoms with Crippen LogP contribution in [0.2, 0.25) is 12.6 Å². The summed E-state index contributed by atoms with van der Waals surface area (Å²) in [4.78, 5) is 0. The highest BCUT2D eigenvalue weighted by atomic mass is 28.3. The van der Waals surface area contributed by atoms with Crippen molar-refractivity contribution < 1.29 is 5.11 Å². The van der Waals surface area contributed by atoms with Crippen molar-refractivity contribution in [3.05, 3.63) is 60.7 Å². The molecule has 1 fully saturated rings. The van der Waals surface area contributed by atoms with E-state index in [0.717, 1.165) is 25.4 Å². The number of rotatable bonds is 7. The monoisotopic (exact) mass is 339 g/mol. The maximum absolute atomic E-state index is 10.8. The van der Waals surface area contributed by atoms with E-state index in [4.69, 9.17) is 0 Å². The van der Waals surface area contributed by atoms with Gasteiger partial charge in [0.15, 0.2) is 0 Å². The molecule has 0 amide bonds. The third-order valence-corrected chi connectivity index (χ3v) is 9.98. The minimum absolute atomic E-state index is 0.218. The van der Waals surface area contributed by atoms with Gasteiger partial charge in [0.2, 0.25) is 0 Å². The minimum atomic E-state index is -1.91. The molecular weight excluding hydrogens is 310 g/mol. The number of aliphatic hydroxyl groups is 1. The van der Waals surface area contributed by atoms with Crippen LogP contribution in [0.1, 0.15) is 25.7 Å². The summed E-state index contributed by atoms with van der Waals surface area (Å²) in [7, 11) is -1.91. The van der Waals surface area contributed by atoms with Gasteiger partial charge in [0.1, 0.15) is 8.07 Å². The van der Waals surface area contributed by atoms with E-state index in [0.29, 0.717) is 6.04 Å². The minimum Gasteiger partial charge on any atom is -0.393 e. The lowest BCUT2D eigenvalue weighted by molar-refractivity contribution is 0.176. The Kier molecular flexibility index (Phi) is 5.88. The maximum atomic E-state index is 10.8. The average molecular weight is 340 g/mol. The van der Waals surface area contributed by atoms with Gasteiger partial charge in [-0.15, -0.1) is 0 Å². The summed E-state index contributed by atoms with van der Waals surface area (Å²) in [5.41, 5.74) is 0. The summed E-state index contributed by atoms with van der Waals surface area (Å²) in [5.74, 6) is 0. The van der Waals surface area contributed by atoms with Gasteiger partial charge in [-0.05, 0) is 38.3 Å². The molecule has 3 rings (SSSR count). The van der Waals surface area contributed by atoms with Crippen LogP contribution in [0.3, 0.4) is 0 Å². The first kappa shape index (κ1) is 17.4. The molecule has 0 saturated carbocycles. The van der Waals surface area contributed by atoms with E-state index in [1.165, 1.54) is 23.2 Å². The fourth-order valence-corrected chi connectivity index (χ4v) is 7.79. The Labute approximate surface area is 146 Å². The molecule has 2 aromatic carbocycles. The van der Waals surface area contributed by atoms with Crippen LogP contribution in [0.4, 0.5) is 0 Å². The van der Waals surface area contributed by atoms with Gasteiger partial charge in [-0.3, -0.25) is 0 Å². The van der Waals surface area contributed by atoms with Crippen molar-refractivity contribution in [2.24, 2.45) is 0 Å². The van der Waals surface area contributed by atoms with Crippen LogP contribution in [0.5, 0.6) is 0 Å². The predicted octanol–water partition coefficient (Wildman–Crippen LogP) is 2.77. The van der Waals surface area contributed by atoms with E-state index in [1.54, 1.807) is 0 Å². The number of aliphatic hydroxyl groups excluding tert-OH is 1. The molecule has 1 saturated heterocycles. The molecule has 0 aliphatic carbocycles. The fourth-order valence-electron chi connectivity index (χ4n) is 3.98. The standard InChI is InChI=1S/C21H29NOSi/c1-24(20-10-4-2-5-11-20,21-12-6-3-7-13-21)17-19(23)15-14-18-9-8-16-22-18/h2-7,10-13,18-19,22-23H,8-9,14-17H2,1H3/t18-,19-/m0/s1. The van der Waals surface area contributed by atoms with Gasteiger partial charge in [0.25, 0.3) is 0 Å². The molecule has 0 radical (unpaired) electrons. The number of hydrogen-bond acceptors (Lipinski definition) is 2. The van der Waals surface area contributed by atoms with Crippen molar-refractivity contribution in [1.29, 1.82) is 0 Å². The van der Waals surface area contributed by atoms with E-state index in [9.17, 15) is 5.11 Å². The van der Waals surface area contributed by atoms with Crippen molar-refractivity contribution in [1.82, 2.24) is 5.32 Å². The van der Waals surface area contributed by atoms with Crippen LogP contribution in [0.15, 0.2) is 60.7 Å². The second kappa shape index (κ2) is 8.10. The molecule has 0 unspecified atom stereocenters. The lowest BCUT2D eigenvalue weighted by atomic mass is 10.1. The second-order valence-corrected chi connectivity index (χ2v) is 11.5. The first-order chi connectivity index (χ1) is 11.7. The Morgan fingerprint density at radius 2 is 1.62 bits per heavy atom. The highest BCUT2D eigenvalue weighted by Crippen LogP contribution is 2.19. The summed E-state index contributed by atoms with van der Waals surface area (Å²) in [6, 6.07) is 23.1. The largest absolute Gasteiger partial charge is 0.393 e. The van der Waals surface area contributed by atoms with Gasteiger partial charge in [-0.2, -0.15) is 0 Å². The third-order valence-electron chi connectivity index (χ3n) is 5.48. The highest BCUT2D eigenvalue weighted by molar-refractivity contribution is 7.01. The van der Waals surface area contributed by atoms with Crippen LogP contribution in [0, 0.1) is 0 Å². The molecule has 0 bridgehead atoms. The van der Waals surface area contributed by atoms with Gasteiger partial charge >= 0.3 is 0 Å². The Morgan fingerprint density at radius 3 is 2.12 bits per heavy atom. The molecule has 0 aromatic heterocycles. The predicted molar refractivity (Wildman–Crippen MR) is 105 cm³/mol. The first-order valence-corrected chi connectivity index (χ1v) is 11.9.